The number of hydrogen-bond donors (Lipinski definition) is 1. The van der Waals surface area contributed by atoms with E-state index in [-0.39, 0.29) is 11.8 Å². The summed E-state index contributed by atoms with van der Waals surface area (Å²) >= 11 is 0. The normalized spacial score (nSPS) is 10.4. The van der Waals surface area contributed by atoms with Crippen molar-refractivity contribution in [1.82, 2.24) is 4.98 Å². The number of carbonyl (C=O) groups is 1. The molecule has 0 atom stereocenters. The van der Waals surface area contributed by atoms with Gasteiger partial charge in [-0.05, 0) is 31.9 Å². The van der Waals surface area contributed by atoms with Gasteiger partial charge in [-0.1, -0.05) is 13.8 Å². The van der Waals surface area contributed by atoms with Crippen molar-refractivity contribution in [2.75, 3.05) is 5.32 Å². The number of aromatic nitrogens is 1. The topological polar surface area (TPSA) is 42.0 Å². The zero-order valence-electron chi connectivity index (χ0n) is 9.58. The van der Waals surface area contributed by atoms with Crippen molar-refractivity contribution in [3.8, 4) is 0 Å². The van der Waals surface area contributed by atoms with Gasteiger partial charge in [0.15, 0.2) is 0 Å². The highest BCUT2D eigenvalue weighted by molar-refractivity contribution is 5.92. The molecule has 1 heterocycles. The molecule has 1 aromatic heterocycles. The number of nitrogens with one attached hydrogen (secondary N) is 1. The largest absolute Gasteiger partial charge is 0.324 e. The molecule has 3 nitrogen and oxygen atoms in total. The Morgan fingerprint density at radius 2 is 2.07 bits per heavy atom. The molecule has 0 aliphatic carbocycles. The van der Waals surface area contributed by atoms with Crippen LogP contribution in [0, 0.1) is 12.8 Å². The maximum Gasteiger partial charge on any atom is 0.227 e. The molecule has 0 saturated carbocycles. The van der Waals surface area contributed by atoms with Crippen molar-refractivity contribution in [3.05, 3.63) is 24.0 Å². The number of hydrogen-bond acceptors (Lipinski definition) is 2. The van der Waals surface area contributed by atoms with Gasteiger partial charge in [-0.15, -0.1) is 0 Å². The molecule has 0 aliphatic rings. The first-order valence-electron chi connectivity index (χ1n) is 5.40. The Hall–Kier alpha value is -1.38. The fourth-order valence-electron chi connectivity index (χ4n) is 1.45. The second kappa shape index (κ2) is 5.49. The molecule has 0 bridgehead atoms. The average Bonchev–Trinajstić information content (AvgIpc) is 2.23. The van der Waals surface area contributed by atoms with E-state index < -0.39 is 0 Å². The standard InChI is InChI=1S/C12H18N2O/c1-4-10(5-2)12(15)14-11-7-6-9(3)13-8-11/h6-8,10H,4-5H2,1-3H3,(H,14,15). The summed E-state index contributed by atoms with van der Waals surface area (Å²) in [6.45, 7) is 5.98. The number of nitrogens with zero attached hydrogens (tertiary/aromatic N) is 1. The van der Waals surface area contributed by atoms with Crippen LogP contribution in [0.25, 0.3) is 0 Å². The van der Waals surface area contributed by atoms with Crippen molar-refractivity contribution in [2.24, 2.45) is 5.92 Å². The van der Waals surface area contributed by atoms with E-state index in [1.807, 2.05) is 32.9 Å². The summed E-state index contributed by atoms with van der Waals surface area (Å²) < 4.78 is 0. The monoisotopic (exact) mass is 206 g/mol. The maximum absolute atomic E-state index is 11.7. The molecule has 15 heavy (non-hydrogen) atoms. The summed E-state index contributed by atoms with van der Waals surface area (Å²) in [7, 11) is 0. The van der Waals surface area contributed by atoms with Gasteiger partial charge < -0.3 is 5.32 Å². The molecule has 0 radical (unpaired) electrons. The van der Waals surface area contributed by atoms with E-state index in [2.05, 4.69) is 10.3 Å². The molecule has 0 fully saturated rings. The first kappa shape index (κ1) is 11.7. The highest BCUT2D eigenvalue weighted by atomic mass is 16.1. The van der Waals surface area contributed by atoms with Gasteiger partial charge >= 0.3 is 0 Å². The van der Waals surface area contributed by atoms with Crippen molar-refractivity contribution in [1.29, 1.82) is 0 Å². The molecule has 1 rings (SSSR count). The van der Waals surface area contributed by atoms with E-state index in [0.29, 0.717) is 0 Å². The zero-order chi connectivity index (χ0) is 11.3. The lowest BCUT2D eigenvalue weighted by atomic mass is 10.0. The van der Waals surface area contributed by atoms with E-state index in [4.69, 9.17) is 0 Å². The second-order valence-electron chi connectivity index (χ2n) is 3.69. The van der Waals surface area contributed by atoms with Crippen LogP contribution < -0.4 is 5.32 Å². The Labute approximate surface area is 90.9 Å². The van der Waals surface area contributed by atoms with E-state index in [1.54, 1.807) is 6.20 Å². The SMILES string of the molecule is CCC(CC)C(=O)Nc1ccc(C)nc1. The summed E-state index contributed by atoms with van der Waals surface area (Å²) in [4.78, 5) is 15.8. The third-order valence-corrected chi connectivity index (χ3v) is 2.54. The third-order valence-electron chi connectivity index (χ3n) is 2.54. The quantitative estimate of drug-likeness (QED) is 0.823. The molecule has 0 aliphatic heterocycles. The van der Waals surface area contributed by atoms with Crippen molar-refractivity contribution in [2.45, 2.75) is 33.6 Å². The minimum atomic E-state index is 0.0886. The van der Waals surface area contributed by atoms with Crippen molar-refractivity contribution >= 4 is 11.6 Å². The van der Waals surface area contributed by atoms with Gasteiger partial charge in [0, 0.05) is 11.6 Å². The third kappa shape index (κ3) is 3.35. The number of anilines is 1. The van der Waals surface area contributed by atoms with Gasteiger partial charge in [0.25, 0.3) is 0 Å². The fraction of sp³-hybridized carbons (Fsp3) is 0.500. The Morgan fingerprint density at radius 1 is 1.40 bits per heavy atom. The van der Waals surface area contributed by atoms with Crippen LogP contribution in [-0.2, 0) is 4.79 Å². The summed E-state index contributed by atoms with van der Waals surface area (Å²) in [6, 6.07) is 3.77. The van der Waals surface area contributed by atoms with E-state index in [9.17, 15) is 4.79 Å². The molecule has 0 unspecified atom stereocenters. The number of rotatable bonds is 4. The summed E-state index contributed by atoms with van der Waals surface area (Å²) in [5.41, 5.74) is 1.73. The highest BCUT2D eigenvalue weighted by Crippen LogP contribution is 2.12. The fourth-order valence-corrected chi connectivity index (χ4v) is 1.45. The van der Waals surface area contributed by atoms with Gasteiger partial charge in [-0.2, -0.15) is 0 Å². The minimum absolute atomic E-state index is 0.0886. The Balaban J connectivity index is 2.61. The number of pyridine rings is 1. The van der Waals surface area contributed by atoms with Gasteiger partial charge in [0.1, 0.15) is 0 Å². The molecule has 0 spiro atoms. The van der Waals surface area contributed by atoms with Crippen LogP contribution in [0.2, 0.25) is 0 Å². The highest BCUT2D eigenvalue weighted by Gasteiger charge is 2.13. The first-order chi connectivity index (χ1) is 7.17. The zero-order valence-corrected chi connectivity index (χ0v) is 9.58. The Bertz CT molecular complexity index is 315. The lowest BCUT2D eigenvalue weighted by Gasteiger charge is -2.12. The lowest BCUT2D eigenvalue weighted by Crippen LogP contribution is -2.21. The van der Waals surface area contributed by atoms with Crippen LogP contribution >= 0.6 is 0 Å². The summed E-state index contributed by atoms with van der Waals surface area (Å²) in [5.74, 6) is 0.192. The van der Waals surface area contributed by atoms with E-state index in [1.165, 1.54) is 0 Å². The molecule has 0 saturated heterocycles. The second-order valence-corrected chi connectivity index (χ2v) is 3.69. The van der Waals surface area contributed by atoms with Gasteiger partial charge in [0.2, 0.25) is 5.91 Å². The van der Waals surface area contributed by atoms with E-state index in [0.717, 1.165) is 24.2 Å². The molecular weight excluding hydrogens is 188 g/mol. The molecule has 1 amide bonds. The minimum Gasteiger partial charge on any atom is -0.324 e. The van der Waals surface area contributed by atoms with Crippen LogP contribution in [-0.4, -0.2) is 10.9 Å². The lowest BCUT2D eigenvalue weighted by molar-refractivity contribution is -0.120. The van der Waals surface area contributed by atoms with Gasteiger partial charge in [-0.25, -0.2) is 0 Å². The predicted octanol–water partition coefficient (Wildman–Crippen LogP) is 2.76. The molecule has 82 valence electrons. The predicted molar refractivity (Wildman–Crippen MR) is 61.7 cm³/mol. The average molecular weight is 206 g/mol. The molecular formula is C12H18N2O. The van der Waals surface area contributed by atoms with Crippen LogP contribution in [0.5, 0.6) is 0 Å². The number of amides is 1. The molecule has 1 aromatic rings. The first-order valence-corrected chi connectivity index (χ1v) is 5.40. The molecule has 0 aromatic carbocycles. The summed E-state index contributed by atoms with van der Waals surface area (Å²) in [5, 5.41) is 2.87. The van der Waals surface area contributed by atoms with Gasteiger partial charge in [-0.3, -0.25) is 9.78 Å². The Kier molecular flexibility index (Phi) is 4.28. The summed E-state index contributed by atoms with van der Waals surface area (Å²) in [6.07, 6.45) is 3.44. The van der Waals surface area contributed by atoms with Gasteiger partial charge in [0.05, 0.1) is 11.9 Å². The van der Waals surface area contributed by atoms with Crippen molar-refractivity contribution in [3.63, 3.8) is 0 Å². The van der Waals surface area contributed by atoms with E-state index >= 15 is 0 Å². The van der Waals surface area contributed by atoms with Crippen LogP contribution in [0.1, 0.15) is 32.4 Å². The van der Waals surface area contributed by atoms with Crippen LogP contribution in [0.15, 0.2) is 18.3 Å². The molecule has 3 heteroatoms. The van der Waals surface area contributed by atoms with Crippen LogP contribution in [0.3, 0.4) is 0 Å². The van der Waals surface area contributed by atoms with Crippen molar-refractivity contribution < 1.29 is 4.79 Å². The molecule has 1 N–H and O–H groups in total. The maximum atomic E-state index is 11.7. The smallest absolute Gasteiger partial charge is 0.227 e. The Morgan fingerprint density at radius 3 is 2.53 bits per heavy atom. The number of carbonyl (C=O) groups excluding carboxylic acids is 1. The van der Waals surface area contributed by atoms with Crippen LogP contribution in [0.4, 0.5) is 5.69 Å². The number of aryl methyl sites for hydroxylation is 1.